The van der Waals surface area contributed by atoms with Crippen LogP contribution < -0.4 is 5.73 Å². The van der Waals surface area contributed by atoms with E-state index in [1.54, 1.807) is 11.3 Å². The normalized spacial score (nSPS) is 12.5. The molecule has 0 amide bonds. The molecule has 0 aliphatic carbocycles. The van der Waals surface area contributed by atoms with Crippen LogP contribution in [-0.4, -0.2) is 34.5 Å². The van der Waals surface area contributed by atoms with Crippen molar-refractivity contribution in [3.05, 3.63) is 29.3 Å². The Kier molecular flexibility index (Phi) is 3.55. The van der Waals surface area contributed by atoms with Crippen LogP contribution in [0.4, 0.5) is 0 Å². The third kappa shape index (κ3) is 2.92. The maximum atomic E-state index is 8.49. The highest BCUT2D eigenvalue weighted by molar-refractivity contribution is 7.18. The van der Waals surface area contributed by atoms with Gasteiger partial charge in [-0.3, -0.25) is 4.90 Å². The monoisotopic (exact) mass is 250 g/mol. The number of benzene rings is 1. The second-order valence-corrected chi connectivity index (χ2v) is 4.95. The number of likely N-dealkylation sites (N-methyl/N-ethyl adjacent to an activating group) is 1. The summed E-state index contributed by atoms with van der Waals surface area (Å²) in [4.78, 5) is 6.47. The number of hydrogen-bond donors (Lipinski definition) is 2. The van der Waals surface area contributed by atoms with Gasteiger partial charge in [0.05, 0.1) is 23.3 Å². The molecule has 90 valence electrons. The van der Waals surface area contributed by atoms with Crippen molar-refractivity contribution < 1.29 is 5.21 Å². The number of para-hydroxylation sites is 1. The number of aromatic nitrogens is 1. The van der Waals surface area contributed by atoms with Crippen LogP contribution in [0.5, 0.6) is 0 Å². The number of thiazole rings is 1. The van der Waals surface area contributed by atoms with Gasteiger partial charge in [-0.05, 0) is 19.2 Å². The highest BCUT2D eigenvalue weighted by atomic mass is 32.1. The number of oxime groups is 1. The summed E-state index contributed by atoms with van der Waals surface area (Å²) in [5.74, 6) is 0.202. The van der Waals surface area contributed by atoms with Crippen LogP contribution in [0.2, 0.25) is 0 Å². The zero-order valence-electron chi connectivity index (χ0n) is 9.50. The highest BCUT2D eigenvalue weighted by Gasteiger charge is 2.07. The van der Waals surface area contributed by atoms with Crippen LogP contribution >= 0.6 is 11.3 Å². The first kappa shape index (κ1) is 11.8. The Hall–Kier alpha value is -1.66. The standard InChI is InChI=1S/C11H14N4OS/c1-15(6-10(12)14-16)7-11-13-8-4-2-3-5-9(8)17-11/h2-5,16H,6-7H2,1H3,(H2,12,14). The summed E-state index contributed by atoms with van der Waals surface area (Å²) in [7, 11) is 1.91. The molecule has 0 aliphatic rings. The molecule has 2 rings (SSSR count). The molecule has 3 N–H and O–H groups in total. The molecule has 0 saturated carbocycles. The zero-order valence-corrected chi connectivity index (χ0v) is 10.3. The lowest BCUT2D eigenvalue weighted by Crippen LogP contribution is -2.30. The second-order valence-electron chi connectivity index (χ2n) is 3.84. The first-order valence-electron chi connectivity index (χ1n) is 5.18. The van der Waals surface area contributed by atoms with E-state index in [-0.39, 0.29) is 5.84 Å². The average Bonchev–Trinajstić information content (AvgIpc) is 2.70. The van der Waals surface area contributed by atoms with Gasteiger partial charge in [-0.2, -0.15) is 0 Å². The summed E-state index contributed by atoms with van der Waals surface area (Å²) in [5.41, 5.74) is 6.46. The number of rotatable bonds is 4. The molecule has 0 spiro atoms. The molecule has 2 aromatic rings. The largest absolute Gasteiger partial charge is 0.409 e. The maximum absolute atomic E-state index is 8.49. The summed E-state index contributed by atoms with van der Waals surface area (Å²) in [6.07, 6.45) is 0. The Labute approximate surface area is 103 Å². The molecular formula is C11H14N4OS. The summed E-state index contributed by atoms with van der Waals surface area (Å²) in [5, 5.41) is 12.5. The molecule has 0 unspecified atom stereocenters. The zero-order chi connectivity index (χ0) is 12.3. The van der Waals surface area contributed by atoms with Crippen molar-refractivity contribution in [3.8, 4) is 0 Å². The van der Waals surface area contributed by atoms with Crippen LogP contribution in [0.25, 0.3) is 10.2 Å². The Morgan fingerprint density at radius 3 is 3.00 bits per heavy atom. The minimum Gasteiger partial charge on any atom is -0.409 e. The lowest BCUT2D eigenvalue weighted by Gasteiger charge is -2.13. The predicted molar refractivity (Wildman–Crippen MR) is 69.4 cm³/mol. The highest BCUT2D eigenvalue weighted by Crippen LogP contribution is 2.22. The van der Waals surface area contributed by atoms with Crippen LogP contribution in [0, 0.1) is 0 Å². The molecule has 1 heterocycles. The predicted octanol–water partition coefficient (Wildman–Crippen LogP) is 1.47. The third-order valence-electron chi connectivity index (χ3n) is 2.30. The van der Waals surface area contributed by atoms with Gasteiger partial charge in [0, 0.05) is 0 Å². The summed E-state index contributed by atoms with van der Waals surface area (Å²) in [6.45, 7) is 1.11. The van der Waals surface area contributed by atoms with Gasteiger partial charge in [-0.15, -0.1) is 11.3 Å². The van der Waals surface area contributed by atoms with Gasteiger partial charge in [0.2, 0.25) is 0 Å². The van der Waals surface area contributed by atoms with E-state index in [0.717, 1.165) is 10.5 Å². The molecule has 1 aromatic carbocycles. The van der Waals surface area contributed by atoms with E-state index in [1.807, 2.05) is 30.1 Å². The SMILES string of the molecule is CN(C/C(N)=N/O)Cc1nc2ccccc2s1. The van der Waals surface area contributed by atoms with Gasteiger partial charge in [-0.1, -0.05) is 17.3 Å². The van der Waals surface area contributed by atoms with Crippen molar-refractivity contribution in [2.45, 2.75) is 6.54 Å². The molecule has 0 aliphatic heterocycles. The van der Waals surface area contributed by atoms with Gasteiger partial charge in [0.25, 0.3) is 0 Å². The fraction of sp³-hybridized carbons (Fsp3) is 0.273. The van der Waals surface area contributed by atoms with Crippen molar-refractivity contribution >= 4 is 27.4 Å². The van der Waals surface area contributed by atoms with E-state index >= 15 is 0 Å². The third-order valence-corrected chi connectivity index (χ3v) is 3.32. The van der Waals surface area contributed by atoms with Gasteiger partial charge in [0.1, 0.15) is 5.01 Å². The summed E-state index contributed by atoms with van der Waals surface area (Å²) >= 11 is 1.66. The summed E-state index contributed by atoms with van der Waals surface area (Å²) in [6, 6.07) is 8.04. The number of fused-ring (bicyclic) bond motifs is 1. The van der Waals surface area contributed by atoms with E-state index in [0.29, 0.717) is 13.1 Å². The van der Waals surface area contributed by atoms with E-state index in [9.17, 15) is 0 Å². The van der Waals surface area contributed by atoms with Crippen molar-refractivity contribution in [2.24, 2.45) is 10.9 Å². The van der Waals surface area contributed by atoms with E-state index in [1.165, 1.54) is 4.70 Å². The average molecular weight is 250 g/mol. The Morgan fingerprint density at radius 1 is 1.53 bits per heavy atom. The Balaban J connectivity index is 2.08. The number of amidine groups is 1. The molecule has 0 atom stereocenters. The molecular weight excluding hydrogens is 236 g/mol. The molecule has 0 radical (unpaired) electrons. The first-order chi connectivity index (χ1) is 8.19. The van der Waals surface area contributed by atoms with E-state index < -0.39 is 0 Å². The molecule has 0 saturated heterocycles. The lowest BCUT2D eigenvalue weighted by atomic mass is 10.3. The van der Waals surface area contributed by atoms with Crippen molar-refractivity contribution in [3.63, 3.8) is 0 Å². The van der Waals surface area contributed by atoms with Crippen molar-refractivity contribution in [2.75, 3.05) is 13.6 Å². The number of hydrogen-bond acceptors (Lipinski definition) is 5. The molecule has 0 fully saturated rings. The van der Waals surface area contributed by atoms with Gasteiger partial charge >= 0.3 is 0 Å². The molecule has 5 nitrogen and oxygen atoms in total. The maximum Gasteiger partial charge on any atom is 0.153 e. The number of nitrogens with two attached hydrogens (primary N) is 1. The molecule has 6 heteroatoms. The van der Waals surface area contributed by atoms with Gasteiger partial charge < -0.3 is 10.9 Å². The first-order valence-corrected chi connectivity index (χ1v) is 6.00. The van der Waals surface area contributed by atoms with Crippen molar-refractivity contribution in [1.82, 2.24) is 9.88 Å². The minimum atomic E-state index is 0.202. The minimum absolute atomic E-state index is 0.202. The summed E-state index contributed by atoms with van der Waals surface area (Å²) < 4.78 is 1.18. The van der Waals surface area contributed by atoms with Crippen LogP contribution in [0.3, 0.4) is 0 Å². The van der Waals surface area contributed by atoms with Crippen LogP contribution in [0.15, 0.2) is 29.4 Å². The molecule has 17 heavy (non-hydrogen) atoms. The van der Waals surface area contributed by atoms with Crippen LogP contribution in [-0.2, 0) is 6.54 Å². The number of nitrogens with zero attached hydrogens (tertiary/aromatic N) is 3. The lowest BCUT2D eigenvalue weighted by molar-refractivity contribution is 0.308. The fourth-order valence-electron chi connectivity index (χ4n) is 1.58. The molecule has 1 aromatic heterocycles. The Morgan fingerprint density at radius 2 is 2.29 bits per heavy atom. The second kappa shape index (κ2) is 5.11. The van der Waals surface area contributed by atoms with Crippen molar-refractivity contribution in [1.29, 1.82) is 0 Å². The topological polar surface area (TPSA) is 74.7 Å². The van der Waals surface area contributed by atoms with Gasteiger partial charge in [0.15, 0.2) is 5.84 Å². The molecule has 0 bridgehead atoms. The fourth-order valence-corrected chi connectivity index (χ4v) is 2.63. The van der Waals surface area contributed by atoms with E-state index in [4.69, 9.17) is 10.9 Å². The quantitative estimate of drug-likeness (QED) is 0.373. The van der Waals surface area contributed by atoms with E-state index in [2.05, 4.69) is 16.2 Å². The smallest absolute Gasteiger partial charge is 0.153 e. The van der Waals surface area contributed by atoms with Gasteiger partial charge in [-0.25, -0.2) is 4.98 Å². The van der Waals surface area contributed by atoms with Crippen LogP contribution in [0.1, 0.15) is 5.01 Å². The Bertz CT molecular complexity index is 504.